The maximum Gasteiger partial charge on any atom is 0.105 e. The van der Waals surface area contributed by atoms with E-state index in [1.165, 1.54) is 0 Å². The average molecular weight is 231 g/mol. The number of nitrogens with one attached hydrogen (secondary N) is 1. The lowest BCUT2D eigenvalue weighted by molar-refractivity contribution is 0.582. The van der Waals surface area contributed by atoms with E-state index in [4.69, 9.17) is 0 Å². The summed E-state index contributed by atoms with van der Waals surface area (Å²) in [5.41, 5.74) is 1.92. The van der Waals surface area contributed by atoms with Crippen LogP contribution in [-0.4, -0.2) is 26.1 Å². The van der Waals surface area contributed by atoms with Gasteiger partial charge >= 0.3 is 0 Å². The highest BCUT2D eigenvalue weighted by atomic mass is 15.1. The van der Waals surface area contributed by atoms with Crippen LogP contribution in [0.5, 0.6) is 0 Å². The summed E-state index contributed by atoms with van der Waals surface area (Å²) in [6, 6.07) is 0. The van der Waals surface area contributed by atoms with Crippen molar-refractivity contribution in [2.75, 3.05) is 6.54 Å². The Morgan fingerprint density at radius 1 is 1.18 bits per heavy atom. The van der Waals surface area contributed by atoms with E-state index in [1.54, 1.807) is 6.20 Å². The van der Waals surface area contributed by atoms with Crippen LogP contribution in [-0.2, 0) is 13.1 Å². The van der Waals surface area contributed by atoms with E-state index in [0.29, 0.717) is 0 Å². The summed E-state index contributed by atoms with van der Waals surface area (Å²) in [6.07, 6.45) is 7.41. The van der Waals surface area contributed by atoms with Crippen LogP contribution in [0, 0.1) is 13.8 Å². The van der Waals surface area contributed by atoms with Gasteiger partial charge in [0.15, 0.2) is 0 Å². The minimum absolute atomic E-state index is 0.751. The van der Waals surface area contributed by atoms with Gasteiger partial charge in [-0.3, -0.25) is 9.97 Å². The summed E-state index contributed by atoms with van der Waals surface area (Å²) in [5.74, 6) is 1.04. The second-order valence-corrected chi connectivity index (χ2v) is 3.99. The third-order valence-electron chi connectivity index (χ3n) is 2.59. The van der Waals surface area contributed by atoms with E-state index >= 15 is 0 Å². The first kappa shape index (κ1) is 11.7. The molecule has 0 radical (unpaired) electrons. The number of aromatic nitrogens is 4. The van der Waals surface area contributed by atoms with Crippen molar-refractivity contribution in [2.45, 2.75) is 26.9 Å². The third-order valence-corrected chi connectivity index (χ3v) is 2.59. The molecule has 0 amide bonds. The SMILES string of the molecule is Cc1cnc(CNCCn2ccnc2C)cn1. The Balaban J connectivity index is 1.73. The van der Waals surface area contributed by atoms with E-state index in [2.05, 4.69) is 24.8 Å². The number of hydrogen-bond acceptors (Lipinski definition) is 4. The molecule has 0 aromatic carbocycles. The Kier molecular flexibility index (Phi) is 3.82. The lowest BCUT2D eigenvalue weighted by Crippen LogP contribution is -2.20. The van der Waals surface area contributed by atoms with Crippen LogP contribution >= 0.6 is 0 Å². The highest BCUT2D eigenvalue weighted by Gasteiger charge is 1.97. The fraction of sp³-hybridized carbons (Fsp3) is 0.417. The standard InChI is InChI=1S/C12H17N5/c1-10-7-16-12(9-15-10)8-13-3-5-17-6-4-14-11(17)2/h4,6-7,9,13H,3,5,8H2,1-2H3. The van der Waals surface area contributed by atoms with E-state index in [-0.39, 0.29) is 0 Å². The predicted octanol–water partition coefficient (Wildman–Crippen LogP) is 1.08. The van der Waals surface area contributed by atoms with Crippen molar-refractivity contribution in [1.29, 1.82) is 0 Å². The van der Waals surface area contributed by atoms with E-state index < -0.39 is 0 Å². The number of nitrogens with zero attached hydrogens (tertiary/aromatic N) is 4. The van der Waals surface area contributed by atoms with Crippen LogP contribution in [0.2, 0.25) is 0 Å². The molecule has 0 aliphatic heterocycles. The van der Waals surface area contributed by atoms with Crippen molar-refractivity contribution < 1.29 is 0 Å². The molecule has 0 unspecified atom stereocenters. The predicted molar refractivity (Wildman–Crippen MR) is 65.4 cm³/mol. The highest BCUT2D eigenvalue weighted by molar-refractivity contribution is 5.00. The summed E-state index contributed by atoms with van der Waals surface area (Å²) in [7, 11) is 0. The Bertz CT molecular complexity index is 460. The topological polar surface area (TPSA) is 55.6 Å². The van der Waals surface area contributed by atoms with Gasteiger partial charge in [0.25, 0.3) is 0 Å². The van der Waals surface area contributed by atoms with Gasteiger partial charge in [-0.2, -0.15) is 0 Å². The first-order valence-corrected chi connectivity index (χ1v) is 5.71. The first-order valence-electron chi connectivity index (χ1n) is 5.71. The number of imidazole rings is 1. The number of rotatable bonds is 5. The lowest BCUT2D eigenvalue weighted by atomic mass is 10.4. The molecule has 17 heavy (non-hydrogen) atoms. The maximum absolute atomic E-state index is 4.29. The van der Waals surface area contributed by atoms with Crippen LogP contribution in [0.15, 0.2) is 24.8 Å². The first-order chi connectivity index (χ1) is 8.25. The van der Waals surface area contributed by atoms with Crippen LogP contribution in [0.1, 0.15) is 17.2 Å². The molecule has 0 atom stereocenters. The summed E-state index contributed by atoms with van der Waals surface area (Å²) >= 11 is 0. The largest absolute Gasteiger partial charge is 0.334 e. The van der Waals surface area contributed by atoms with Crippen molar-refractivity contribution in [1.82, 2.24) is 24.8 Å². The van der Waals surface area contributed by atoms with Gasteiger partial charge in [0.1, 0.15) is 5.82 Å². The van der Waals surface area contributed by atoms with E-state index in [0.717, 1.165) is 36.8 Å². The summed E-state index contributed by atoms with van der Waals surface area (Å²) in [5, 5.41) is 3.34. The molecule has 0 spiro atoms. The summed E-state index contributed by atoms with van der Waals surface area (Å²) in [6.45, 7) is 6.51. The Morgan fingerprint density at radius 3 is 2.71 bits per heavy atom. The molecule has 5 nitrogen and oxygen atoms in total. The Morgan fingerprint density at radius 2 is 2.06 bits per heavy atom. The molecule has 0 saturated carbocycles. The van der Waals surface area contributed by atoms with Crippen molar-refractivity contribution in [3.63, 3.8) is 0 Å². The van der Waals surface area contributed by atoms with Crippen molar-refractivity contribution in [3.8, 4) is 0 Å². The normalized spacial score (nSPS) is 10.7. The van der Waals surface area contributed by atoms with E-state index in [1.807, 2.05) is 32.4 Å². The molecule has 0 aliphatic rings. The molecule has 0 saturated heterocycles. The molecule has 0 aliphatic carbocycles. The zero-order chi connectivity index (χ0) is 12.1. The molecule has 2 rings (SSSR count). The zero-order valence-electron chi connectivity index (χ0n) is 10.2. The minimum Gasteiger partial charge on any atom is -0.334 e. The van der Waals surface area contributed by atoms with Crippen LogP contribution in [0.4, 0.5) is 0 Å². The lowest BCUT2D eigenvalue weighted by Gasteiger charge is -2.06. The second kappa shape index (κ2) is 5.54. The van der Waals surface area contributed by atoms with Gasteiger partial charge in [-0.25, -0.2) is 4.98 Å². The molecule has 0 fully saturated rings. The molecule has 2 heterocycles. The van der Waals surface area contributed by atoms with Crippen LogP contribution < -0.4 is 5.32 Å². The maximum atomic E-state index is 4.29. The number of hydrogen-bond donors (Lipinski definition) is 1. The van der Waals surface area contributed by atoms with Gasteiger partial charge < -0.3 is 9.88 Å². The monoisotopic (exact) mass is 231 g/mol. The van der Waals surface area contributed by atoms with Gasteiger partial charge in [-0.15, -0.1) is 0 Å². The Hall–Kier alpha value is -1.75. The quantitative estimate of drug-likeness (QED) is 0.782. The highest BCUT2D eigenvalue weighted by Crippen LogP contribution is 1.95. The van der Waals surface area contributed by atoms with Crippen LogP contribution in [0.25, 0.3) is 0 Å². The molecule has 2 aromatic heterocycles. The molecule has 0 bridgehead atoms. The summed E-state index contributed by atoms with van der Waals surface area (Å²) < 4.78 is 2.12. The molecular weight excluding hydrogens is 214 g/mol. The van der Waals surface area contributed by atoms with Gasteiger partial charge in [0.05, 0.1) is 11.4 Å². The molecule has 2 aromatic rings. The van der Waals surface area contributed by atoms with Crippen molar-refractivity contribution in [3.05, 3.63) is 42.0 Å². The van der Waals surface area contributed by atoms with Gasteiger partial charge in [-0.05, 0) is 13.8 Å². The van der Waals surface area contributed by atoms with Gasteiger partial charge in [0.2, 0.25) is 0 Å². The second-order valence-electron chi connectivity index (χ2n) is 3.99. The van der Waals surface area contributed by atoms with Crippen molar-refractivity contribution in [2.24, 2.45) is 0 Å². The number of aryl methyl sites for hydroxylation is 2. The molecule has 90 valence electrons. The fourth-order valence-electron chi connectivity index (χ4n) is 1.57. The molecule has 1 N–H and O–H groups in total. The smallest absolute Gasteiger partial charge is 0.105 e. The average Bonchev–Trinajstić information content (AvgIpc) is 2.73. The van der Waals surface area contributed by atoms with Gasteiger partial charge in [0, 0.05) is 44.4 Å². The van der Waals surface area contributed by atoms with Crippen LogP contribution in [0.3, 0.4) is 0 Å². The van der Waals surface area contributed by atoms with Gasteiger partial charge in [-0.1, -0.05) is 0 Å². The minimum atomic E-state index is 0.751. The fourth-order valence-corrected chi connectivity index (χ4v) is 1.57. The van der Waals surface area contributed by atoms with E-state index in [9.17, 15) is 0 Å². The molecule has 5 heteroatoms. The Labute approximate surface area is 101 Å². The van der Waals surface area contributed by atoms with Crippen molar-refractivity contribution >= 4 is 0 Å². The third kappa shape index (κ3) is 3.35. The molecular formula is C12H17N5. The zero-order valence-corrected chi connectivity index (χ0v) is 10.2. The summed E-state index contributed by atoms with van der Waals surface area (Å²) in [4.78, 5) is 12.7.